The zero-order valence-corrected chi connectivity index (χ0v) is 20.2. The van der Waals surface area contributed by atoms with Gasteiger partial charge in [-0.25, -0.2) is 0 Å². The summed E-state index contributed by atoms with van der Waals surface area (Å²) in [6.07, 6.45) is 8.74. The fourth-order valence-electron chi connectivity index (χ4n) is 6.88. The molecule has 0 bridgehead atoms. The average molecular weight is 451 g/mol. The number of hydrogen-bond acceptors (Lipinski definition) is 4. The summed E-state index contributed by atoms with van der Waals surface area (Å²) in [6, 6.07) is 10.6. The normalized spacial score (nSPS) is 32.1. The molecule has 1 N–H and O–H groups in total. The van der Waals surface area contributed by atoms with E-state index in [0.717, 1.165) is 31.5 Å². The first-order valence-electron chi connectivity index (χ1n) is 12.9. The van der Waals surface area contributed by atoms with E-state index in [1.54, 1.807) is 4.90 Å². The van der Waals surface area contributed by atoms with Gasteiger partial charge in [0.2, 0.25) is 0 Å². The molecule has 3 heterocycles. The molecule has 3 fully saturated rings. The van der Waals surface area contributed by atoms with E-state index in [-0.39, 0.29) is 29.8 Å². The van der Waals surface area contributed by atoms with Gasteiger partial charge in [0.05, 0.1) is 0 Å². The lowest BCUT2D eigenvalue weighted by molar-refractivity contribution is -0.126. The van der Waals surface area contributed by atoms with Gasteiger partial charge in [-0.2, -0.15) is 0 Å². The van der Waals surface area contributed by atoms with Crippen molar-refractivity contribution in [1.82, 2.24) is 15.1 Å². The minimum atomic E-state index is -0.261. The zero-order valence-electron chi connectivity index (χ0n) is 20.2. The molecule has 33 heavy (non-hydrogen) atoms. The number of likely N-dealkylation sites (tertiary alicyclic amines) is 1. The molecule has 0 spiro atoms. The lowest BCUT2D eigenvalue weighted by Gasteiger charge is -2.41. The van der Waals surface area contributed by atoms with Crippen LogP contribution in [0.2, 0.25) is 0 Å². The molecule has 3 aliphatic heterocycles. The molecule has 4 unspecified atom stereocenters. The van der Waals surface area contributed by atoms with Crippen LogP contribution in [-0.2, 0) is 9.59 Å². The van der Waals surface area contributed by atoms with E-state index in [4.69, 9.17) is 0 Å². The summed E-state index contributed by atoms with van der Waals surface area (Å²) in [4.78, 5) is 33.8. The van der Waals surface area contributed by atoms with E-state index in [2.05, 4.69) is 35.9 Å². The number of carbonyl (C=O) groups is 2. The van der Waals surface area contributed by atoms with Gasteiger partial charge in [-0.1, -0.05) is 38.0 Å². The molecule has 0 aromatic heterocycles. The van der Waals surface area contributed by atoms with Crippen LogP contribution in [0.25, 0.3) is 0 Å². The number of fused-ring (bicyclic) bond motifs is 3. The highest BCUT2D eigenvalue weighted by Crippen LogP contribution is 2.47. The molecule has 6 nitrogen and oxygen atoms in total. The highest BCUT2D eigenvalue weighted by atomic mass is 16.2. The largest absolute Gasteiger partial charge is 0.350 e. The number of amides is 2. The number of nitrogens with one attached hydrogen (secondary N) is 1. The van der Waals surface area contributed by atoms with Crippen molar-refractivity contribution in [2.24, 2.45) is 11.8 Å². The maximum atomic E-state index is 13.7. The van der Waals surface area contributed by atoms with Crippen LogP contribution in [0.1, 0.15) is 59.3 Å². The van der Waals surface area contributed by atoms with Crippen LogP contribution in [-0.4, -0.2) is 58.9 Å². The first kappa shape index (κ1) is 22.5. The number of nitrogens with zero attached hydrogens (tertiary/aromatic N) is 3. The van der Waals surface area contributed by atoms with E-state index in [9.17, 15) is 9.59 Å². The molecule has 5 rings (SSSR count). The van der Waals surface area contributed by atoms with Gasteiger partial charge in [-0.15, -0.1) is 0 Å². The first-order valence-corrected chi connectivity index (χ1v) is 12.9. The Labute approximate surface area is 198 Å². The summed E-state index contributed by atoms with van der Waals surface area (Å²) in [5.41, 5.74) is 1.50. The molecule has 6 heteroatoms. The van der Waals surface area contributed by atoms with Crippen LogP contribution >= 0.6 is 0 Å². The SMILES string of the molecule is CC1C2CCCCC2N2C(C(=O)NC[C@H]3CCCN3C(C)C)=CN(c3ccccc3)C(=O)C12. The maximum Gasteiger partial charge on any atom is 0.269 e. The number of anilines is 1. The fraction of sp³-hybridized carbons (Fsp3) is 0.630. The van der Waals surface area contributed by atoms with Crippen LogP contribution in [0.5, 0.6) is 0 Å². The van der Waals surface area contributed by atoms with Gasteiger partial charge in [-0.05, 0) is 70.0 Å². The van der Waals surface area contributed by atoms with Gasteiger partial charge >= 0.3 is 0 Å². The average Bonchev–Trinajstić information content (AvgIpc) is 3.42. The second-order valence-electron chi connectivity index (χ2n) is 10.6. The van der Waals surface area contributed by atoms with E-state index in [0.29, 0.717) is 30.2 Å². The van der Waals surface area contributed by atoms with Crippen molar-refractivity contribution in [2.45, 2.75) is 83.5 Å². The molecule has 4 aliphatic rings. The molecular formula is C27H38N4O2. The number of rotatable bonds is 5. The highest BCUT2D eigenvalue weighted by molar-refractivity contribution is 6.05. The minimum absolute atomic E-state index is 0.0394. The van der Waals surface area contributed by atoms with Crippen molar-refractivity contribution in [3.05, 3.63) is 42.2 Å². The molecule has 2 saturated heterocycles. The summed E-state index contributed by atoms with van der Waals surface area (Å²) in [5, 5.41) is 3.26. The van der Waals surface area contributed by atoms with E-state index >= 15 is 0 Å². The third-order valence-corrected chi connectivity index (χ3v) is 8.48. The van der Waals surface area contributed by atoms with Crippen LogP contribution in [0.3, 0.4) is 0 Å². The summed E-state index contributed by atoms with van der Waals surface area (Å²) in [6.45, 7) is 8.44. The number of carbonyl (C=O) groups excluding carboxylic acids is 2. The van der Waals surface area contributed by atoms with Gasteiger partial charge in [0.15, 0.2) is 0 Å². The van der Waals surface area contributed by atoms with Crippen molar-refractivity contribution in [3.8, 4) is 0 Å². The quantitative estimate of drug-likeness (QED) is 0.743. The van der Waals surface area contributed by atoms with E-state index in [1.807, 2.05) is 36.5 Å². The maximum absolute atomic E-state index is 13.7. The molecule has 1 aromatic carbocycles. The Hall–Kier alpha value is -2.34. The monoisotopic (exact) mass is 450 g/mol. The zero-order chi connectivity index (χ0) is 23.1. The first-order chi connectivity index (χ1) is 16.0. The molecule has 1 saturated carbocycles. The topological polar surface area (TPSA) is 55.9 Å². The smallest absolute Gasteiger partial charge is 0.269 e. The molecule has 178 valence electrons. The molecule has 5 atom stereocenters. The van der Waals surface area contributed by atoms with Gasteiger partial charge in [0.1, 0.15) is 11.7 Å². The van der Waals surface area contributed by atoms with Gasteiger partial charge in [0.25, 0.3) is 11.8 Å². The Morgan fingerprint density at radius 2 is 1.85 bits per heavy atom. The lowest BCUT2D eigenvalue weighted by Crippen LogP contribution is -2.55. The molecule has 2 amide bonds. The van der Waals surface area contributed by atoms with Crippen molar-refractivity contribution >= 4 is 17.5 Å². The van der Waals surface area contributed by atoms with Crippen LogP contribution < -0.4 is 10.2 Å². The van der Waals surface area contributed by atoms with Crippen molar-refractivity contribution in [3.63, 3.8) is 0 Å². The Bertz CT molecular complexity index is 914. The summed E-state index contributed by atoms with van der Waals surface area (Å²) < 4.78 is 0. The second-order valence-corrected chi connectivity index (χ2v) is 10.6. The lowest BCUT2D eigenvalue weighted by atomic mass is 9.79. The Kier molecular flexibility index (Phi) is 6.21. The molecule has 0 radical (unpaired) electrons. The van der Waals surface area contributed by atoms with Gasteiger partial charge in [0, 0.05) is 36.6 Å². The molecular weight excluding hydrogens is 412 g/mol. The second kappa shape index (κ2) is 9.13. The number of para-hydroxylation sites is 1. The van der Waals surface area contributed by atoms with Crippen LogP contribution in [0, 0.1) is 11.8 Å². The number of benzene rings is 1. The Balaban J connectivity index is 1.44. The van der Waals surface area contributed by atoms with Crippen molar-refractivity contribution in [2.75, 3.05) is 18.0 Å². The highest BCUT2D eigenvalue weighted by Gasteiger charge is 2.54. The van der Waals surface area contributed by atoms with Crippen molar-refractivity contribution in [1.29, 1.82) is 0 Å². The van der Waals surface area contributed by atoms with Gasteiger partial charge in [-0.3, -0.25) is 19.4 Å². The standard InChI is InChI=1S/C27H38N4O2/c1-18(2)29-15-9-12-21(29)16-28-26(32)24-17-30(20-10-5-4-6-11-20)27(33)25-19(3)22-13-7-8-14-23(22)31(24)25/h4-6,10-11,17-19,21-23,25H,7-9,12-16H2,1-3H3,(H,28,32)/t19?,21-,22?,23?,25?/m1/s1. The third kappa shape index (κ3) is 3.96. The van der Waals surface area contributed by atoms with E-state index in [1.165, 1.54) is 19.3 Å². The summed E-state index contributed by atoms with van der Waals surface area (Å²) in [5.74, 6) is 0.784. The minimum Gasteiger partial charge on any atom is -0.350 e. The predicted molar refractivity (Wildman–Crippen MR) is 130 cm³/mol. The van der Waals surface area contributed by atoms with Crippen LogP contribution in [0.4, 0.5) is 5.69 Å². The molecule has 1 aromatic rings. The third-order valence-electron chi connectivity index (χ3n) is 8.48. The van der Waals surface area contributed by atoms with Crippen molar-refractivity contribution < 1.29 is 9.59 Å². The predicted octanol–water partition coefficient (Wildman–Crippen LogP) is 3.74. The molecule has 1 aliphatic carbocycles. The number of hydrogen-bond donors (Lipinski definition) is 1. The Morgan fingerprint density at radius 1 is 1.09 bits per heavy atom. The Morgan fingerprint density at radius 3 is 2.61 bits per heavy atom. The van der Waals surface area contributed by atoms with Gasteiger partial charge < -0.3 is 10.2 Å². The van der Waals surface area contributed by atoms with E-state index < -0.39 is 0 Å². The van der Waals surface area contributed by atoms with Crippen LogP contribution in [0.15, 0.2) is 42.2 Å². The summed E-state index contributed by atoms with van der Waals surface area (Å²) in [7, 11) is 0. The fourth-order valence-corrected chi connectivity index (χ4v) is 6.88. The summed E-state index contributed by atoms with van der Waals surface area (Å²) >= 11 is 0.